The predicted octanol–water partition coefficient (Wildman–Crippen LogP) is -0.319. The average Bonchev–Trinajstić information content (AvgIpc) is 1.61. The van der Waals surface area contributed by atoms with E-state index in [-0.39, 0.29) is 0 Å². The highest BCUT2D eigenvalue weighted by Gasteiger charge is 1.93. The summed E-state index contributed by atoms with van der Waals surface area (Å²) < 4.78 is 0. The van der Waals surface area contributed by atoms with Crippen molar-refractivity contribution in [3.05, 3.63) is 0 Å². The van der Waals surface area contributed by atoms with Gasteiger partial charge in [-0.3, -0.25) is 0 Å². The third-order valence-corrected chi connectivity index (χ3v) is 2.07. The largest absolute Gasteiger partial charge is 0.435 e. The van der Waals surface area contributed by atoms with Gasteiger partial charge in [0.05, 0.1) is 0 Å². The Bertz CT molecular complexity index is 40.7. The minimum Gasteiger partial charge on any atom is -0.435 e. The minimum atomic E-state index is -1.27. The Morgan fingerprint density at radius 1 is 1.71 bits per heavy atom. The zero-order chi connectivity index (χ0) is 5.70. The second-order valence-corrected chi connectivity index (χ2v) is 4.06. The molecule has 0 fully saturated rings. The SMILES string of the molecule is C[SiH](O)CCCN. The van der Waals surface area contributed by atoms with Crippen LogP contribution in [0, 0.1) is 0 Å². The van der Waals surface area contributed by atoms with Crippen molar-refractivity contribution >= 4 is 9.04 Å². The van der Waals surface area contributed by atoms with Crippen molar-refractivity contribution in [1.29, 1.82) is 0 Å². The first-order chi connectivity index (χ1) is 3.27. The Morgan fingerprint density at radius 2 is 2.29 bits per heavy atom. The molecule has 0 spiro atoms. The fraction of sp³-hybridized carbons (Fsp3) is 1.00. The molecule has 0 bridgehead atoms. The van der Waals surface area contributed by atoms with Gasteiger partial charge in [-0.15, -0.1) is 0 Å². The molecule has 3 heteroatoms. The van der Waals surface area contributed by atoms with E-state index in [9.17, 15) is 0 Å². The molecule has 44 valence electrons. The molecule has 0 saturated heterocycles. The van der Waals surface area contributed by atoms with E-state index in [4.69, 9.17) is 10.5 Å². The van der Waals surface area contributed by atoms with Crippen molar-refractivity contribution in [2.75, 3.05) is 6.54 Å². The quantitative estimate of drug-likeness (QED) is 0.500. The van der Waals surface area contributed by atoms with Crippen LogP contribution in [0.5, 0.6) is 0 Å². The maximum Gasteiger partial charge on any atom is 0.169 e. The van der Waals surface area contributed by atoms with Gasteiger partial charge in [-0.1, -0.05) is 0 Å². The van der Waals surface area contributed by atoms with Crippen LogP contribution < -0.4 is 5.73 Å². The van der Waals surface area contributed by atoms with Gasteiger partial charge in [0.25, 0.3) is 0 Å². The summed E-state index contributed by atoms with van der Waals surface area (Å²) in [6.07, 6.45) is 0.990. The van der Waals surface area contributed by atoms with Crippen molar-refractivity contribution in [3.63, 3.8) is 0 Å². The Balaban J connectivity index is 2.68. The summed E-state index contributed by atoms with van der Waals surface area (Å²) >= 11 is 0. The number of nitrogens with two attached hydrogens (primary N) is 1. The molecule has 1 atom stereocenters. The third kappa shape index (κ3) is 6.14. The summed E-state index contributed by atoms with van der Waals surface area (Å²) in [7, 11) is -1.27. The van der Waals surface area contributed by atoms with Crippen LogP contribution in [0.2, 0.25) is 12.6 Å². The van der Waals surface area contributed by atoms with E-state index >= 15 is 0 Å². The number of rotatable bonds is 3. The maximum absolute atomic E-state index is 8.77. The summed E-state index contributed by atoms with van der Waals surface area (Å²) in [6, 6.07) is 0.969. The van der Waals surface area contributed by atoms with E-state index in [0.29, 0.717) is 0 Å². The third-order valence-electron chi connectivity index (χ3n) is 0.826. The van der Waals surface area contributed by atoms with Gasteiger partial charge >= 0.3 is 0 Å². The predicted molar refractivity (Wildman–Crippen MR) is 33.7 cm³/mol. The van der Waals surface area contributed by atoms with Gasteiger partial charge in [0, 0.05) is 0 Å². The van der Waals surface area contributed by atoms with Crippen molar-refractivity contribution in [3.8, 4) is 0 Å². The van der Waals surface area contributed by atoms with Crippen molar-refractivity contribution in [1.82, 2.24) is 0 Å². The highest BCUT2D eigenvalue weighted by Crippen LogP contribution is 1.89. The fourth-order valence-electron chi connectivity index (χ4n) is 0.413. The Kier molecular flexibility index (Phi) is 4.38. The summed E-state index contributed by atoms with van der Waals surface area (Å²) in [5.74, 6) is 0. The molecular formula is C4H13NOSi. The first-order valence-electron chi connectivity index (χ1n) is 2.65. The standard InChI is InChI=1S/C4H13NOSi/c1-7(6)4-2-3-5/h6-7H,2-5H2,1H3. The van der Waals surface area contributed by atoms with E-state index in [1.165, 1.54) is 0 Å². The van der Waals surface area contributed by atoms with E-state index in [1.807, 2.05) is 6.55 Å². The lowest BCUT2D eigenvalue weighted by molar-refractivity contribution is 0.572. The Labute approximate surface area is 46.1 Å². The van der Waals surface area contributed by atoms with Crippen LogP contribution in [0.15, 0.2) is 0 Å². The van der Waals surface area contributed by atoms with E-state index in [1.54, 1.807) is 0 Å². The van der Waals surface area contributed by atoms with Crippen LogP contribution >= 0.6 is 0 Å². The lowest BCUT2D eigenvalue weighted by atomic mass is 10.5. The zero-order valence-electron chi connectivity index (χ0n) is 4.72. The summed E-state index contributed by atoms with van der Waals surface area (Å²) in [6.45, 7) is 2.63. The normalized spacial score (nSPS) is 14.1. The zero-order valence-corrected chi connectivity index (χ0v) is 5.88. The second-order valence-electron chi connectivity index (χ2n) is 1.78. The number of hydrogen-bond acceptors (Lipinski definition) is 2. The lowest BCUT2D eigenvalue weighted by Crippen LogP contribution is -2.08. The van der Waals surface area contributed by atoms with Crippen LogP contribution in [0.3, 0.4) is 0 Å². The van der Waals surface area contributed by atoms with Crippen LogP contribution in [0.1, 0.15) is 6.42 Å². The smallest absolute Gasteiger partial charge is 0.169 e. The lowest BCUT2D eigenvalue weighted by Gasteiger charge is -1.95. The topological polar surface area (TPSA) is 46.2 Å². The summed E-state index contributed by atoms with van der Waals surface area (Å²) in [5.41, 5.74) is 5.19. The van der Waals surface area contributed by atoms with Crippen molar-refractivity contribution < 1.29 is 4.80 Å². The first-order valence-corrected chi connectivity index (χ1v) is 5.14. The molecule has 0 rings (SSSR count). The van der Waals surface area contributed by atoms with Gasteiger partial charge < -0.3 is 10.5 Å². The fourth-order valence-corrected chi connectivity index (χ4v) is 1.24. The minimum absolute atomic E-state index is 0.720. The molecule has 0 aliphatic heterocycles. The molecule has 0 saturated carbocycles. The molecule has 0 radical (unpaired) electrons. The molecular weight excluding hydrogens is 106 g/mol. The molecule has 7 heavy (non-hydrogen) atoms. The van der Waals surface area contributed by atoms with E-state index in [2.05, 4.69) is 0 Å². The molecule has 0 amide bonds. The van der Waals surface area contributed by atoms with Gasteiger partial charge in [0.2, 0.25) is 0 Å². The molecule has 0 aliphatic rings. The van der Waals surface area contributed by atoms with Gasteiger partial charge in [0.1, 0.15) is 0 Å². The molecule has 0 aromatic rings. The van der Waals surface area contributed by atoms with Gasteiger partial charge in [-0.25, -0.2) is 0 Å². The molecule has 1 unspecified atom stereocenters. The van der Waals surface area contributed by atoms with E-state index in [0.717, 1.165) is 19.0 Å². The Hall–Kier alpha value is 0.137. The van der Waals surface area contributed by atoms with Crippen LogP contribution in [-0.2, 0) is 0 Å². The molecule has 0 aliphatic carbocycles. The number of hydrogen-bond donors (Lipinski definition) is 2. The highest BCUT2D eigenvalue weighted by atomic mass is 28.3. The van der Waals surface area contributed by atoms with E-state index < -0.39 is 9.04 Å². The molecule has 0 heterocycles. The van der Waals surface area contributed by atoms with Crippen molar-refractivity contribution in [2.45, 2.75) is 19.0 Å². The summed E-state index contributed by atoms with van der Waals surface area (Å²) in [5, 5.41) is 0. The molecule has 0 aromatic carbocycles. The maximum atomic E-state index is 8.77. The second kappa shape index (κ2) is 4.30. The van der Waals surface area contributed by atoms with Crippen LogP contribution in [-0.4, -0.2) is 20.4 Å². The van der Waals surface area contributed by atoms with Gasteiger partial charge in [-0.05, 0) is 25.6 Å². The van der Waals surface area contributed by atoms with Gasteiger partial charge in [0.15, 0.2) is 9.04 Å². The Morgan fingerprint density at radius 3 is 2.43 bits per heavy atom. The summed E-state index contributed by atoms with van der Waals surface area (Å²) in [4.78, 5) is 8.77. The average molecular weight is 119 g/mol. The van der Waals surface area contributed by atoms with Crippen LogP contribution in [0.25, 0.3) is 0 Å². The molecule has 3 N–H and O–H groups in total. The molecule has 2 nitrogen and oxygen atoms in total. The first kappa shape index (κ1) is 7.14. The van der Waals surface area contributed by atoms with Gasteiger partial charge in [-0.2, -0.15) is 0 Å². The molecule has 0 aromatic heterocycles. The monoisotopic (exact) mass is 119 g/mol. The van der Waals surface area contributed by atoms with Crippen molar-refractivity contribution in [2.24, 2.45) is 5.73 Å². The highest BCUT2D eigenvalue weighted by molar-refractivity contribution is 6.48. The van der Waals surface area contributed by atoms with Crippen LogP contribution in [0.4, 0.5) is 0 Å².